The molecule has 0 aromatic heterocycles. The average molecular weight is 372 g/mol. The van der Waals surface area contributed by atoms with E-state index in [4.69, 9.17) is 0 Å². The Morgan fingerprint density at radius 3 is 2.35 bits per heavy atom. The van der Waals surface area contributed by atoms with Crippen LogP contribution < -0.4 is 9.21 Å². The molecule has 5 nitrogen and oxygen atoms in total. The van der Waals surface area contributed by atoms with Gasteiger partial charge in [0.15, 0.2) is 0 Å². The minimum Gasteiger partial charge on any atom is -0.309 e. The number of rotatable bonds is 4. The number of fused-ring (bicyclic) bond motifs is 1. The summed E-state index contributed by atoms with van der Waals surface area (Å²) in [6, 6.07) is 16.3. The van der Waals surface area contributed by atoms with Gasteiger partial charge in [0.1, 0.15) is 0 Å². The Kier molecular flexibility index (Phi) is 5.05. The third-order valence-corrected chi connectivity index (χ3v) is 5.96. The zero-order valence-electron chi connectivity index (χ0n) is 15.3. The van der Waals surface area contributed by atoms with Gasteiger partial charge in [0.05, 0.1) is 18.0 Å². The van der Waals surface area contributed by atoms with Crippen LogP contribution in [0.2, 0.25) is 0 Å². The highest BCUT2D eigenvalue weighted by molar-refractivity contribution is 7.92. The first-order chi connectivity index (χ1) is 12.3. The molecule has 0 N–H and O–H groups in total. The minimum absolute atomic E-state index is 0.0500. The highest BCUT2D eigenvalue weighted by Crippen LogP contribution is 2.43. The fourth-order valence-electron chi connectivity index (χ4n) is 3.73. The number of para-hydroxylation sites is 2. The molecule has 6 heteroatoms. The number of benzene rings is 2. The van der Waals surface area contributed by atoms with Crippen molar-refractivity contribution in [3.05, 3.63) is 60.2 Å². The Morgan fingerprint density at radius 1 is 1.12 bits per heavy atom. The van der Waals surface area contributed by atoms with E-state index in [1.54, 1.807) is 17.0 Å². The molecule has 3 rings (SSSR count). The van der Waals surface area contributed by atoms with Crippen LogP contribution in [0.3, 0.4) is 0 Å². The molecule has 1 amide bonds. The van der Waals surface area contributed by atoms with Gasteiger partial charge >= 0.3 is 0 Å². The highest BCUT2D eigenvalue weighted by Gasteiger charge is 2.38. The first kappa shape index (κ1) is 18.5. The van der Waals surface area contributed by atoms with E-state index in [2.05, 4.69) is 0 Å². The lowest BCUT2D eigenvalue weighted by molar-refractivity contribution is -0.118. The highest BCUT2D eigenvalue weighted by atomic mass is 32.2. The molecule has 2 aromatic carbocycles. The number of carbonyl (C=O) groups excluding carboxylic acids is 1. The lowest BCUT2D eigenvalue weighted by Gasteiger charge is -2.43. The third-order valence-electron chi connectivity index (χ3n) is 4.78. The summed E-state index contributed by atoms with van der Waals surface area (Å²) in [6.07, 6.45) is 2.19. The summed E-state index contributed by atoms with van der Waals surface area (Å²) in [5.41, 5.74) is 2.30. The van der Waals surface area contributed by atoms with E-state index in [0.717, 1.165) is 11.3 Å². The number of hydrogen-bond acceptors (Lipinski definition) is 3. The molecule has 1 heterocycles. The maximum atomic E-state index is 12.7. The van der Waals surface area contributed by atoms with Gasteiger partial charge in [-0.15, -0.1) is 0 Å². The second-order valence-electron chi connectivity index (χ2n) is 6.67. The van der Waals surface area contributed by atoms with Gasteiger partial charge in [-0.2, -0.15) is 0 Å². The van der Waals surface area contributed by atoms with E-state index in [0.29, 0.717) is 18.5 Å². The number of hydrogen-bond donors (Lipinski definition) is 0. The zero-order chi connectivity index (χ0) is 18.9. The van der Waals surface area contributed by atoms with E-state index >= 15 is 0 Å². The van der Waals surface area contributed by atoms with E-state index in [1.165, 1.54) is 10.6 Å². The summed E-state index contributed by atoms with van der Waals surface area (Å²) in [7, 11) is -3.50. The van der Waals surface area contributed by atoms with Crippen molar-refractivity contribution in [3.8, 4) is 0 Å². The Morgan fingerprint density at radius 2 is 1.73 bits per heavy atom. The smallest absolute Gasteiger partial charge is 0.232 e. The van der Waals surface area contributed by atoms with Crippen molar-refractivity contribution in [2.24, 2.45) is 0 Å². The largest absolute Gasteiger partial charge is 0.309 e. The number of carbonyl (C=O) groups is 1. The molecule has 2 aromatic rings. The van der Waals surface area contributed by atoms with Crippen LogP contribution in [0.5, 0.6) is 0 Å². The van der Waals surface area contributed by atoms with Crippen molar-refractivity contribution in [2.75, 3.05) is 15.5 Å². The molecule has 1 aliphatic heterocycles. The predicted molar refractivity (Wildman–Crippen MR) is 105 cm³/mol. The number of anilines is 2. The lowest BCUT2D eigenvalue weighted by Crippen LogP contribution is -2.47. The number of amides is 1. The van der Waals surface area contributed by atoms with Crippen LogP contribution in [0.1, 0.15) is 38.3 Å². The summed E-state index contributed by atoms with van der Waals surface area (Å²) >= 11 is 0. The van der Waals surface area contributed by atoms with Crippen molar-refractivity contribution in [3.63, 3.8) is 0 Å². The Balaban J connectivity index is 2.16. The average Bonchev–Trinajstić information content (AvgIpc) is 2.61. The van der Waals surface area contributed by atoms with Crippen LogP contribution in [-0.2, 0) is 14.8 Å². The number of sulfonamides is 1. The second-order valence-corrected chi connectivity index (χ2v) is 8.53. The summed E-state index contributed by atoms with van der Waals surface area (Å²) in [6.45, 7) is 3.82. The summed E-state index contributed by atoms with van der Waals surface area (Å²) in [5, 5.41) is 0. The van der Waals surface area contributed by atoms with Crippen molar-refractivity contribution < 1.29 is 13.2 Å². The van der Waals surface area contributed by atoms with Crippen LogP contribution in [0.25, 0.3) is 0 Å². The minimum atomic E-state index is -3.50. The molecular weight excluding hydrogens is 348 g/mol. The maximum absolute atomic E-state index is 12.7. The quantitative estimate of drug-likeness (QED) is 0.822. The summed E-state index contributed by atoms with van der Waals surface area (Å²) in [4.78, 5) is 14.3. The van der Waals surface area contributed by atoms with Gasteiger partial charge in [-0.25, -0.2) is 8.42 Å². The predicted octanol–water partition coefficient (Wildman–Crippen LogP) is 3.73. The van der Waals surface area contributed by atoms with Gasteiger partial charge < -0.3 is 4.90 Å². The number of nitrogens with zero attached hydrogens (tertiary/aromatic N) is 2. The van der Waals surface area contributed by atoms with Gasteiger partial charge in [-0.3, -0.25) is 9.10 Å². The summed E-state index contributed by atoms with van der Waals surface area (Å²) < 4.78 is 26.8. The molecule has 138 valence electrons. The van der Waals surface area contributed by atoms with Crippen molar-refractivity contribution in [1.29, 1.82) is 0 Å². The molecule has 0 fully saturated rings. The molecule has 1 aliphatic rings. The molecule has 0 spiro atoms. The fourth-order valence-corrected chi connectivity index (χ4v) is 4.90. The van der Waals surface area contributed by atoms with Crippen molar-refractivity contribution >= 4 is 27.3 Å². The fraction of sp³-hybridized carbons (Fsp3) is 0.350. The molecule has 0 saturated carbocycles. The maximum Gasteiger partial charge on any atom is 0.232 e. The Hall–Kier alpha value is -2.34. The first-order valence-electron chi connectivity index (χ1n) is 8.80. The van der Waals surface area contributed by atoms with Gasteiger partial charge in [0.25, 0.3) is 0 Å². The lowest BCUT2D eigenvalue weighted by atomic mass is 9.91. The van der Waals surface area contributed by atoms with E-state index in [-0.39, 0.29) is 18.0 Å². The van der Waals surface area contributed by atoms with Crippen molar-refractivity contribution in [1.82, 2.24) is 0 Å². The van der Waals surface area contributed by atoms with E-state index in [9.17, 15) is 13.2 Å². The Labute approximate surface area is 155 Å². The third kappa shape index (κ3) is 3.33. The van der Waals surface area contributed by atoms with Crippen LogP contribution in [0, 0.1) is 0 Å². The van der Waals surface area contributed by atoms with Crippen LogP contribution in [-0.4, -0.2) is 26.6 Å². The molecule has 0 saturated heterocycles. The van der Waals surface area contributed by atoms with Gasteiger partial charge in [0.2, 0.25) is 15.9 Å². The van der Waals surface area contributed by atoms with E-state index in [1.807, 2.05) is 56.3 Å². The molecule has 2 atom stereocenters. The second kappa shape index (κ2) is 7.11. The SMILES string of the molecule is CCC(=O)N1c2ccccc2[C@@H](N(c2ccccc2)S(C)(=O)=O)C[C@@H]1C. The monoisotopic (exact) mass is 372 g/mol. The standard InChI is InChI=1S/C20H24N2O3S/c1-4-20(23)21-15(2)14-19(17-12-8-9-13-18(17)21)22(26(3,24)25)16-10-6-5-7-11-16/h5-13,15,19H,4,14H2,1-3H3/t15-,19-/m0/s1. The topological polar surface area (TPSA) is 57.7 Å². The van der Waals surface area contributed by atoms with Crippen LogP contribution >= 0.6 is 0 Å². The van der Waals surface area contributed by atoms with Gasteiger partial charge in [-0.1, -0.05) is 43.3 Å². The van der Waals surface area contributed by atoms with Crippen molar-refractivity contribution in [2.45, 2.75) is 38.8 Å². The summed E-state index contributed by atoms with van der Waals surface area (Å²) in [5.74, 6) is 0.0500. The molecule has 0 bridgehead atoms. The molecule has 0 radical (unpaired) electrons. The molecular formula is C20H24N2O3S. The van der Waals surface area contributed by atoms with Crippen LogP contribution in [0.4, 0.5) is 11.4 Å². The zero-order valence-corrected chi connectivity index (χ0v) is 16.1. The molecule has 0 aliphatic carbocycles. The normalized spacial score (nSPS) is 19.7. The Bertz CT molecular complexity index is 896. The molecule has 26 heavy (non-hydrogen) atoms. The van der Waals surface area contributed by atoms with E-state index < -0.39 is 10.0 Å². The first-order valence-corrected chi connectivity index (χ1v) is 10.6. The molecule has 0 unspecified atom stereocenters. The van der Waals surface area contributed by atoms with Gasteiger partial charge in [-0.05, 0) is 37.1 Å². The van der Waals surface area contributed by atoms with Crippen LogP contribution in [0.15, 0.2) is 54.6 Å². The van der Waals surface area contributed by atoms with Gasteiger partial charge in [0, 0.05) is 18.2 Å².